The summed E-state index contributed by atoms with van der Waals surface area (Å²) >= 11 is 11.5. The maximum atomic E-state index is 5.80. The van der Waals surface area contributed by atoms with Crippen LogP contribution < -0.4 is 5.73 Å². The molecule has 0 saturated heterocycles. The van der Waals surface area contributed by atoms with Crippen molar-refractivity contribution in [3.8, 4) is 0 Å². The monoisotopic (exact) mass is 189 g/mol. The molecular weight excluding hydrogens is 181 g/mol. The highest BCUT2D eigenvalue weighted by Crippen LogP contribution is 2.30. The van der Waals surface area contributed by atoms with Crippen LogP contribution in [0.25, 0.3) is 0 Å². The number of hydrogen-bond acceptors (Lipinski definition) is 1. The van der Waals surface area contributed by atoms with Crippen LogP contribution in [0.5, 0.6) is 0 Å². The van der Waals surface area contributed by atoms with Gasteiger partial charge >= 0.3 is 0 Å². The molecule has 0 aliphatic carbocycles. The third-order valence-electron chi connectivity index (χ3n) is 1.60. The molecule has 0 bridgehead atoms. The van der Waals surface area contributed by atoms with Crippen molar-refractivity contribution in [3.63, 3.8) is 0 Å². The molecule has 0 aromatic heterocycles. The van der Waals surface area contributed by atoms with Gasteiger partial charge in [0.15, 0.2) is 0 Å². The van der Waals surface area contributed by atoms with E-state index >= 15 is 0 Å². The lowest BCUT2D eigenvalue weighted by Gasteiger charge is -2.05. The fourth-order valence-corrected chi connectivity index (χ4v) is 1.26. The van der Waals surface area contributed by atoms with Crippen molar-refractivity contribution in [2.45, 2.75) is 13.3 Å². The Morgan fingerprint density at radius 1 is 1.36 bits per heavy atom. The molecule has 0 saturated carbocycles. The molecule has 1 rings (SSSR count). The molecule has 0 heterocycles. The summed E-state index contributed by atoms with van der Waals surface area (Å²) in [7, 11) is 0. The Labute approximate surface area is 76.1 Å². The average molecular weight is 190 g/mol. The number of rotatable bonds is 1. The van der Waals surface area contributed by atoms with Gasteiger partial charge in [-0.1, -0.05) is 36.2 Å². The molecule has 0 aliphatic heterocycles. The Morgan fingerprint density at radius 2 is 2.00 bits per heavy atom. The first-order valence-corrected chi connectivity index (χ1v) is 4.14. The second-order valence-corrected chi connectivity index (χ2v) is 3.07. The van der Waals surface area contributed by atoms with Gasteiger partial charge in [0.2, 0.25) is 0 Å². The van der Waals surface area contributed by atoms with E-state index in [9.17, 15) is 0 Å². The Morgan fingerprint density at radius 3 is 2.55 bits per heavy atom. The molecule has 11 heavy (non-hydrogen) atoms. The standard InChI is InChI=1S/C8H9Cl2N/c1-2-5-3-4-6(9)7(10)8(5)11/h3-4H,2,11H2,1H3. The van der Waals surface area contributed by atoms with Crippen molar-refractivity contribution in [1.82, 2.24) is 0 Å². The molecule has 0 aliphatic rings. The van der Waals surface area contributed by atoms with Crippen LogP contribution in [-0.2, 0) is 6.42 Å². The van der Waals surface area contributed by atoms with Gasteiger partial charge in [-0.25, -0.2) is 0 Å². The van der Waals surface area contributed by atoms with Crippen LogP contribution in [0.3, 0.4) is 0 Å². The van der Waals surface area contributed by atoms with Crippen molar-refractivity contribution < 1.29 is 0 Å². The summed E-state index contributed by atoms with van der Waals surface area (Å²) in [4.78, 5) is 0. The third kappa shape index (κ3) is 1.60. The Balaban J connectivity index is 3.25. The van der Waals surface area contributed by atoms with Gasteiger partial charge in [0.1, 0.15) is 0 Å². The van der Waals surface area contributed by atoms with Crippen molar-refractivity contribution in [3.05, 3.63) is 27.7 Å². The minimum atomic E-state index is 0.464. The Bertz CT molecular complexity index is 271. The van der Waals surface area contributed by atoms with Gasteiger partial charge in [-0.15, -0.1) is 0 Å². The first-order chi connectivity index (χ1) is 5.16. The van der Waals surface area contributed by atoms with E-state index in [0.717, 1.165) is 12.0 Å². The third-order valence-corrected chi connectivity index (χ3v) is 2.42. The van der Waals surface area contributed by atoms with E-state index < -0.39 is 0 Å². The quantitative estimate of drug-likeness (QED) is 0.676. The van der Waals surface area contributed by atoms with E-state index in [2.05, 4.69) is 0 Å². The summed E-state index contributed by atoms with van der Waals surface area (Å²) in [6.07, 6.45) is 0.878. The lowest BCUT2D eigenvalue weighted by atomic mass is 10.1. The summed E-state index contributed by atoms with van der Waals surface area (Å²) < 4.78 is 0. The fraction of sp³-hybridized carbons (Fsp3) is 0.250. The second kappa shape index (κ2) is 3.33. The van der Waals surface area contributed by atoms with Gasteiger partial charge in [-0.3, -0.25) is 0 Å². The minimum Gasteiger partial charge on any atom is -0.397 e. The molecule has 0 unspecified atom stereocenters. The number of halogens is 2. The number of anilines is 1. The van der Waals surface area contributed by atoms with Crippen molar-refractivity contribution in [1.29, 1.82) is 0 Å². The second-order valence-electron chi connectivity index (χ2n) is 2.29. The van der Waals surface area contributed by atoms with Gasteiger partial charge in [0.25, 0.3) is 0 Å². The molecule has 0 fully saturated rings. The van der Waals surface area contributed by atoms with Crippen LogP contribution >= 0.6 is 23.2 Å². The van der Waals surface area contributed by atoms with Gasteiger partial charge in [0, 0.05) is 0 Å². The van der Waals surface area contributed by atoms with Crippen LogP contribution in [0.4, 0.5) is 5.69 Å². The van der Waals surface area contributed by atoms with Crippen LogP contribution in [-0.4, -0.2) is 0 Å². The number of aryl methyl sites for hydroxylation is 1. The molecule has 0 amide bonds. The largest absolute Gasteiger partial charge is 0.397 e. The van der Waals surface area contributed by atoms with Crippen LogP contribution in [0.1, 0.15) is 12.5 Å². The normalized spacial score (nSPS) is 10.1. The van der Waals surface area contributed by atoms with Crippen molar-refractivity contribution >= 4 is 28.9 Å². The topological polar surface area (TPSA) is 26.0 Å². The first-order valence-electron chi connectivity index (χ1n) is 3.39. The van der Waals surface area contributed by atoms with E-state index in [1.165, 1.54) is 0 Å². The van der Waals surface area contributed by atoms with Crippen LogP contribution in [0.15, 0.2) is 12.1 Å². The van der Waals surface area contributed by atoms with Crippen molar-refractivity contribution in [2.75, 3.05) is 5.73 Å². The zero-order chi connectivity index (χ0) is 8.43. The molecular formula is C8H9Cl2N. The summed E-state index contributed by atoms with van der Waals surface area (Å²) in [5.74, 6) is 0. The predicted molar refractivity (Wildman–Crippen MR) is 50.3 cm³/mol. The van der Waals surface area contributed by atoms with Gasteiger partial charge in [-0.2, -0.15) is 0 Å². The average Bonchev–Trinajstić information content (AvgIpc) is 2.01. The SMILES string of the molecule is CCc1ccc(Cl)c(Cl)c1N. The number of nitrogens with two attached hydrogens (primary N) is 1. The highest BCUT2D eigenvalue weighted by molar-refractivity contribution is 6.43. The summed E-state index contributed by atoms with van der Waals surface area (Å²) in [6, 6.07) is 3.66. The van der Waals surface area contributed by atoms with Crippen molar-refractivity contribution in [2.24, 2.45) is 0 Å². The predicted octanol–water partition coefficient (Wildman–Crippen LogP) is 3.14. The highest BCUT2D eigenvalue weighted by Gasteiger charge is 2.04. The zero-order valence-electron chi connectivity index (χ0n) is 6.20. The number of hydrogen-bond donors (Lipinski definition) is 1. The van der Waals surface area contributed by atoms with E-state index in [1.54, 1.807) is 6.07 Å². The Hall–Kier alpha value is -0.400. The van der Waals surface area contributed by atoms with E-state index in [-0.39, 0.29) is 0 Å². The smallest absolute Gasteiger partial charge is 0.0824 e. The maximum Gasteiger partial charge on any atom is 0.0824 e. The number of benzene rings is 1. The first kappa shape index (κ1) is 8.69. The van der Waals surface area contributed by atoms with Crippen LogP contribution in [0.2, 0.25) is 10.0 Å². The molecule has 0 radical (unpaired) electrons. The molecule has 1 aromatic carbocycles. The zero-order valence-corrected chi connectivity index (χ0v) is 7.71. The summed E-state index contributed by atoms with van der Waals surface area (Å²) in [6.45, 7) is 2.02. The molecule has 3 heteroatoms. The van der Waals surface area contributed by atoms with E-state index in [1.807, 2.05) is 13.0 Å². The van der Waals surface area contributed by atoms with Gasteiger partial charge in [0.05, 0.1) is 15.7 Å². The Kier molecular flexibility index (Phi) is 2.63. The fourth-order valence-electron chi connectivity index (χ4n) is 0.915. The molecule has 0 spiro atoms. The molecule has 1 nitrogen and oxygen atoms in total. The van der Waals surface area contributed by atoms with Gasteiger partial charge < -0.3 is 5.73 Å². The van der Waals surface area contributed by atoms with E-state index in [4.69, 9.17) is 28.9 Å². The lowest BCUT2D eigenvalue weighted by Crippen LogP contribution is -1.93. The molecule has 0 atom stereocenters. The lowest BCUT2D eigenvalue weighted by molar-refractivity contribution is 1.14. The van der Waals surface area contributed by atoms with Crippen LogP contribution in [0, 0.1) is 0 Å². The van der Waals surface area contributed by atoms with E-state index in [0.29, 0.717) is 15.7 Å². The highest BCUT2D eigenvalue weighted by atomic mass is 35.5. The molecule has 2 N–H and O–H groups in total. The molecule has 60 valence electrons. The summed E-state index contributed by atoms with van der Waals surface area (Å²) in [5.41, 5.74) is 7.32. The van der Waals surface area contributed by atoms with Gasteiger partial charge in [-0.05, 0) is 18.1 Å². The maximum absolute atomic E-state index is 5.80. The number of nitrogen functional groups attached to an aromatic ring is 1. The summed E-state index contributed by atoms with van der Waals surface area (Å²) in [5, 5.41) is 0.979. The minimum absolute atomic E-state index is 0.464. The molecule has 1 aromatic rings.